The lowest BCUT2D eigenvalue weighted by atomic mass is 10.0. The third kappa shape index (κ3) is 2.52. The molecule has 0 aliphatic carbocycles. The van der Waals surface area contributed by atoms with E-state index in [1.807, 2.05) is 31.2 Å². The van der Waals surface area contributed by atoms with Gasteiger partial charge in [0.1, 0.15) is 5.75 Å². The highest BCUT2D eigenvalue weighted by Crippen LogP contribution is 2.35. The van der Waals surface area contributed by atoms with Crippen molar-refractivity contribution in [3.05, 3.63) is 58.1 Å². The number of halogens is 1. The summed E-state index contributed by atoms with van der Waals surface area (Å²) in [4.78, 5) is 12.2. The van der Waals surface area contributed by atoms with Gasteiger partial charge in [0, 0.05) is 27.4 Å². The molecule has 1 aliphatic heterocycles. The number of hydrogen-bond acceptors (Lipinski definition) is 2. The fourth-order valence-corrected chi connectivity index (χ4v) is 2.60. The Morgan fingerprint density at radius 1 is 1.19 bits per heavy atom. The second-order valence-electron chi connectivity index (χ2n) is 4.95. The first-order valence-corrected chi connectivity index (χ1v) is 6.94. The van der Waals surface area contributed by atoms with E-state index in [2.05, 4.69) is 5.32 Å². The Bertz CT molecular complexity index is 765. The van der Waals surface area contributed by atoms with E-state index < -0.39 is 0 Å². The van der Waals surface area contributed by atoms with Gasteiger partial charge in [-0.2, -0.15) is 0 Å². The molecule has 0 atom stereocenters. The van der Waals surface area contributed by atoms with E-state index in [9.17, 15) is 4.79 Å². The number of carbonyl (C=O) groups is 1. The maximum atomic E-state index is 12.2. The number of fused-ring (bicyclic) bond motifs is 1. The van der Waals surface area contributed by atoms with Crippen LogP contribution in [0, 0.1) is 6.92 Å². The summed E-state index contributed by atoms with van der Waals surface area (Å²) in [5.41, 5.74) is 4.24. The standard InChI is InChI=1S/C17H14ClNO2/c1-10-3-5-15-13(7-10)14(17(20)19-15)9-11-8-12(18)4-6-16(11)21-2/h3-9H,1-2H3,(H,19,20)/b14-9+. The van der Waals surface area contributed by atoms with E-state index in [0.717, 1.165) is 22.4 Å². The van der Waals surface area contributed by atoms with Crippen molar-refractivity contribution in [2.24, 2.45) is 0 Å². The summed E-state index contributed by atoms with van der Waals surface area (Å²) in [6.45, 7) is 2.00. The molecule has 106 valence electrons. The molecular weight excluding hydrogens is 286 g/mol. The van der Waals surface area contributed by atoms with Gasteiger partial charge in [0.2, 0.25) is 0 Å². The monoisotopic (exact) mass is 299 g/mol. The summed E-state index contributed by atoms with van der Waals surface area (Å²) in [5, 5.41) is 3.47. The lowest BCUT2D eigenvalue weighted by Gasteiger charge is -2.06. The molecule has 0 saturated heterocycles. The van der Waals surface area contributed by atoms with Gasteiger partial charge in [-0.3, -0.25) is 4.79 Å². The minimum Gasteiger partial charge on any atom is -0.496 e. The van der Waals surface area contributed by atoms with Crippen LogP contribution < -0.4 is 10.1 Å². The zero-order chi connectivity index (χ0) is 15.0. The van der Waals surface area contributed by atoms with Crippen LogP contribution in [0.4, 0.5) is 5.69 Å². The van der Waals surface area contributed by atoms with Gasteiger partial charge in [-0.1, -0.05) is 23.2 Å². The Labute approximate surface area is 128 Å². The van der Waals surface area contributed by atoms with E-state index >= 15 is 0 Å². The molecule has 1 aliphatic rings. The highest BCUT2D eigenvalue weighted by molar-refractivity contribution is 6.35. The van der Waals surface area contributed by atoms with E-state index in [4.69, 9.17) is 16.3 Å². The number of nitrogens with one attached hydrogen (secondary N) is 1. The summed E-state index contributed by atoms with van der Waals surface area (Å²) < 4.78 is 5.32. The zero-order valence-corrected chi connectivity index (χ0v) is 12.5. The Morgan fingerprint density at radius 3 is 2.76 bits per heavy atom. The van der Waals surface area contributed by atoms with Crippen molar-refractivity contribution >= 4 is 34.8 Å². The van der Waals surface area contributed by atoms with Crippen molar-refractivity contribution in [2.75, 3.05) is 12.4 Å². The van der Waals surface area contributed by atoms with Gasteiger partial charge < -0.3 is 10.1 Å². The van der Waals surface area contributed by atoms with Gasteiger partial charge in [0.25, 0.3) is 5.91 Å². The molecule has 0 spiro atoms. The van der Waals surface area contributed by atoms with Crippen LogP contribution in [0.5, 0.6) is 5.75 Å². The molecule has 0 saturated carbocycles. The maximum absolute atomic E-state index is 12.2. The summed E-state index contributed by atoms with van der Waals surface area (Å²) in [6, 6.07) is 11.2. The first-order chi connectivity index (χ1) is 10.1. The molecule has 2 aromatic rings. The van der Waals surface area contributed by atoms with Crippen molar-refractivity contribution in [1.82, 2.24) is 0 Å². The molecular formula is C17H14ClNO2. The fourth-order valence-electron chi connectivity index (χ4n) is 2.42. The van der Waals surface area contributed by atoms with Crippen LogP contribution in [0.15, 0.2) is 36.4 Å². The number of benzene rings is 2. The number of rotatable bonds is 2. The highest BCUT2D eigenvalue weighted by atomic mass is 35.5. The molecule has 3 nitrogen and oxygen atoms in total. The minimum atomic E-state index is -0.113. The quantitative estimate of drug-likeness (QED) is 0.846. The van der Waals surface area contributed by atoms with E-state index in [0.29, 0.717) is 16.3 Å². The van der Waals surface area contributed by atoms with Crippen LogP contribution in [0.3, 0.4) is 0 Å². The van der Waals surface area contributed by atoms with Crippen LogP contribution in [0.25, 0.3) is 11.6 Å². The van der Waals surface area contributed by atoms with Gasteiger partial charge >= 0.3 is 0 Å². The second-order valence-corrected chi connectivity index (χ2v) is 5.38. The first kappa shape index (κ1) is 13.7. The van der Waals surface area contributed by atoms with Gasteiger partial charge in [0.15, 0.2) is 0 Å². The molecule has 1 amide bonds. The van der Waals surface area contributed by atoms with Crippen LogP contribution in [0.2, 0.25) is 5.02 Å². The summed E-state index contributed by atoms with van der Waals surface area (Å²) in [7, 11) is 1.60. The number of carbonyl (C=O) groups excluding carboxylic acids is 1. The van der Waals surface area contributed by atoms with Crippen molar-refractivity contribution < 1.29 is 9.53 Å². The third-order valence-electron chi connectivity index (χ3n) is 3.45. The molecule has 0 unspecified atom stereocenters. The summed E-state index contributed by atoms with van der Waals surface area (Å²) in [6.07, 6.45) is 1.81. The van der Waals surface area contributed by atoms with E-state index in [-0.39, 0.29) is 5.91 Å². The van der Waals surface area contributed by atoms with E-state index in [1.54, 1.807) is 25.3 Å². The number of ether oxygens (including phenoxy) is 1. The predicted octanol–water partition coefficient (Wildman–Crippen LogP) is 4.15. The highest BCUT2D eigenvalue weighted by Gasteiger charge is 2.24. The Hall–Kier alpha value is -2.26. The molecule has 0 fully saturated rings. The van der Waals surface area contributed by atoms with Gasteiger partial charge in [-0.05, 0) is 43.3 Å². The molecule has 0 radical (unpaired) electrons. The van der Waals surface area contributed by atoms with Crippen molar-refractivity contribution in [3.63, 3.8) is 0 Å². The lowest BCUT2D eigenvalue weighted by molar-refractivity contribution is -0.110. The average molecular weight is 300 g/mol. The number of hydrogen-bond donors (Lipinski definition) is 1. The zero-order valence-electron chi connectivity index (χ0n) is 11.7. The van der Waals surface area contributed by atoms with Crippen LogP contribution in [-0.4, -0.2) is 13.0 Å². The van der Waals surface area contributed by atoms with Crippen molar-refractivity contribution in [3.8, 4) is 5.75 Å². The van der Waals surface area contributed by atoms with Crippen LogP contribution in [0.1, 0.15) is 16.7 Å². The number of anilines is 1. The fraction of sp³-hybridized carbons (Fsp3) is 0.118. The topological polar surface area (TPSA) is 38.3 Å². The third-order valence-corrected chi connectivity index (χ3v) is 3.68. The normalized spacial score (nSPS) is 15.0. The largest absolute Gasteiger partial charge is 0.496 e. The maximum Gasteiger partial charge on any atom is 0.256 e. The predicted molar refractivity (Wildman–Crippen MR) is 85.7 cm³/mol. The molecule has 21 heavy (non-hydrogen) atoms. The summed E-state index contributed by atoms with van der Waals surface area (Å²) in [5.74, 6) is 0.568. The molecule has 2 aromatic carbocycles. The van der Waals surface area contributed by atoms with Gasteiger partial charge in [-0.15, -0.1) is 0 Å². The molecule has 0 aromatic heterocycles. The second kappa shape index (κ2) is 5.26. The smallest absolute Gasteiger partial charge is 0.256 e. The van der Waals surface area contributed by atoms with Crippen molar-refractivity contribution in [1.29, 1.82) is 0 Å². The SMILES string of the molecule is COc1ccc(Cl)cc1/C=C1/C(=O)Nc2ccc(C)cc21. The molecule has 1 N–H and O–H groups in total. The Morgan fingerprint density at radius 2 is 2.00 bits per heavy atom. The number of methoxy groups -OCH3 is 1. The minimum absolute atomic E-state index is 0.113. The Balaban J connectivity index is 2.15. The first-order valence-electron chi connectivity index (χ1n) is 6.56. The van der Waals surface area contributed by atoms with Crippen LogP contribution >= 0.6 is 11.6 Å². The molecule has 3 rings (SSSR count). The molecule has 4 heteroatoms. The summed E-state index contributed by atoms with van der Waals surface area (Å²) >= 11 is 6.04. The molecule has 0 bridgehead atoms. The van der Waals surface area contributed by atoms with Crippen molar-refractivity contribution in [2.45, 2.75) is 6.92 Å². The number of amides is 1. The lowest BCUT2D eigenvalue weighted by Crippen LogP contribution is -2.03. The van der Waals surface area contributed by atoms with E-state index in [1.165, 1.54) is 0 Å². The average Bonchev–Trinajstić information content (AvgIpc) is 2.75. The number of aryl methyl sites for hydroxylation is 1. The van der Waals surface area contributed by atoms with Gasteiger partial charge in [-0.25, -0.2) is 0 Å². The molecule has 1 heterocycles. The Kier molecular flexibility index (Phi) is 3.43. The van der Waals surface area contributed by atoms with Gasteiger partial charge in [0.05, 0.1) is 7.11 Å². The van der Waals surface area contributed by atoms with Crippen LogP contribution in [-0.2, 0) is 4.79 Å².